The highest BCUT2D eigenvalue weighted by atomic mass is 16.5. The molecule has 0 fully saturated rings. The molecule has 3 N–H and O–H groups in total. The molecule has 122 valence electrons. The standard InChI is InChI=1S/C16H25N3O3/c1-13(2)11-17-16(21)18-15(20)12-19(3)9-10-22-14-7-5-4-6-8-14/h4-8,13H,9-12H2,1-3H3,(H2,17,18,20,21)/p+1. The van der Waals surface area contributed by atoms with E-state index in [9.17, 15) is 9.59 Å². The second kappa shape index (κ2) is 9.78. The maximum atomic E-state index is 11.7. The van der Waals surface area contributed by atoms with Crippen molar-refractivity contribution in [2.24, 2.45) is 5.92 Å². The van der Waals surface area contributed by atoms with Crippen molar-refractivity contribution in [1.29, 1.82) is 0 Å². The first-order valence-corrected chi connectivity index (χ1v) is 7.54. The van der Waals surface area contributed by atoms with Crippen molar-refractivity contribution >= 4 is 11.9 Å². The summed E-state index contributed by atoms with van der Waals surface area (Å²) in [7, 11) is 1.89. The Labute approximate surface area is 131 Å². The lowest BCUT2D eigenvalue weighted by atomic mass is 10.2. The van der Waals surface area contributed by atoms with E-state index in [1.54, 1.807) is 0 Å². The van der Waals surface area contributed by atoms with Gasteiger partial charge in [0, 0.05) is 6.54 Å². The predicted molar refractivity (Wildman–Crippen MR) is 84.9 cm³/mol. The van der Waals surface area contributed by atoms with Gasteiger partial charge in [-0.2, -0.15) is 0 Å². The third-order valence-electron chi connectivity index (χ3n) is 2.93. The zero-order valence-electron chi connectivity index (χ0n) is 13.5. The lowest BCUT2D eigenvalue weighted by Crippen LogP contribution is -3.10. The average molecular weight is 308 g/mol. The van der Waals surface area contributed by atoms with Crippen LogP contribution in [0.3, 0.4) is 0 Å². The van der Waals surface area contributed by atoms with E-state index in [4.69, 9.17) is 4.74 Å². The van der Waals surface area contributed by atoms with Gasteiger partial charge in [0.05, 0.1) is 7.05 Å². The van der Waals surface area contributed by atoms with Crippen LogP contribution in [0.4, 0.5) is 4.79 Å². The fraction of sp³-hybridized carbons (Fsp3) is 0.500. The monoisotopic (exact) mass is 308 g/mol. The van der Waals surface area contributed by atoms with E-state index in [1.165, 1.54) is 0 Å². The van der Waals surface area contributed by atoms with Crippen molar-refractivity contribution in [3.8, 4) is 5.75 Å². The van der Waals surface area contributed by atoms with E-state index < -0.39 is 6.03 Å². The van der Waals surface area contributed by atoms with Crippen LogP contribution >= 0.6 is 0 Å². The maximum Gasteiger partial charge on any atom is 0.321 e. The van der Waals surface area contributed by atoms with Gasteiger partial charge in [-0.15, -0.1) is 0 Å². The van der Waals surface area contributed by atoms with Crippen LogP contribution in [0.1, 0.15) is 13.8 Å². The number of hydrogen-bond donors (Lipinski definition) is 3. The van der Waals surface area contributed by atoms with Crippen molar-refractivity contribution in [3.63, 3.8) is 0 Å². The Hall–Kier alpha value is -2.08. The minimum Gasteiger partial charge on any atom is -0.488 e. The van der Waals surface area contributed by atoms with Crippen LogP contribution in [-0.2, 0) is 4.79 Å². The highest BCUT2D eigenvalue weighted by Gasteiger charge is 2.13. The second-order valence-electron chi connectivity index (χ2n) is 5.70. The topological polar surface area (TPSA) is 71.9 Å². The van der Waals surface area contributed by atoms with Gasteiger partial charge in [0.15, 0.2) is 6.54 Å². The Kier molecular flexibility index (Phi) is 7.99. The van der Waals surface area contributed by atoms with Crippen LogP contribution in [0.25, 0.3) is 0 Å². The molecular weight excluding hydrogens is 282 g/mol. The van der Waals surface area contributed by atoms with E-state index in [0.29, 0.717) is 25.6 Å². The third-order valence-corrected chi connectivity index (χ3v) is 2.93. The van der Waals surface area contributed by atoms with Crippen LogP contribution in [-0.4, -0.2) is 45.2 Å². The van der Waals surface area contributed by atoms with Crippen molar-refractivity contribution < 1.29 is 19.2 Å². The Balaban J connectivity index is 2.17. The molecule has 0 radical (unpaired) electrons. The van der Waals surface area contributed by atoms with E-state index in [1.807, 2.05) is 51.2 Å². The first-order chi connectivity index (χ1) is 10.5. The molecule has 1 aromatic rings. The van der Waals surface area contributed by atoms with Crippen molar-refractivity contribution in [1.82, 2.24) is 10.6 Å². The molecule has 0 aliphatic heterocycles. The van der Waals surface area contributed by atoms with Crippen LogP contribution in [0, 0.1) is 5.92 Å². The number of carbonyl (C=O) groups is 2. The summed E-state index contributed by atoms with van der Waals surface area (Å²) in [6.45, 7) is 5.96. The van der Waals surface area contributed by atoms with Gasteiger partial charge < -0.3 is 15.0 Å². The molecule has 6 nitrogen and oxygen atoms in total. The number of para-hydroxylation sites is 1. The average Bonchev–Trinajstić information content (AvgIpc) is 2.46. The number of rotatable bonds is 8. The van der Waals surface area contributed by atoms with Gasteiger partial charge in [-0.05, 0) is 18.1 Å². The molecular formula is C16H26N3O3+. The minimum atomic E-state index is -0.438. The molecule has 1 aromatic carbocycles. The minimum absolute atomic E-state index is 0.229. The number of carbonyl (C=O) groups excluding carboxylic acids is 2. The van der Waals surface area contributed by atoms with Gasteiger partial charge in [0.25, 0.3) is 5.91 Å². The van der Waals surface area contributed by atoms with Crippen LogP contribution in [0.15, 0.2) is 30.3 Å². The zero-order chi connectivity index (χ0) is 16.4. The molecule has 0 aromatic heterocycles. The summed E-state index contributed by atoms with van der Waals surface area (Å²) in [6.07, 6.45) is 0. The zero-order valence-corrected chi connectivity index (χ0v) is 13.5. The number of imide groups is 1. The van der Waals surface area contributed by atoms with Gasteiger partial charge in [0.1, 0.15) is 18.9 Å². The van der Waals surface area contributed by atoms with Gasteiger partial charge in [-0.25, -0.2) is 4.79 Å². The normalized spacial score (nSPS) is 11.8. The number of urea groups is 1. The SMILES string of the molecule is CC(C)CNC(=O)NC(=O)C[NH+](C)CCOc1ccccc1. The maximum absolute atomic E-state index is 11.7. The first kappa shape index (κ1) is 18.0. The molecule has 1 rings (SSSR count). The molecule has 0 saturated heterocycles. The molecule has 0 aliphatic rings. The molecule has 0 aliphatic carbocycles. The van der Waals surface area contributed by atoms with Gasteiger partial charge in [-0.3, -0.25) is 10.1 Å². The third kappa shape index (κ3) is 8.26. The molecule has 0 bridgehead atoms. The number of quaternary nitrogens is 1. The van der Waals surface area contributed by atoms with E-state index in [0.717, 1.165) is 10.6 Å². The molecule has 0 spiro atoms. The van der Waals surface area contributed by atoms with Crippen molar-refractivity contribution in [2.45, 2.75) is 13.8 Å². The predicted octanol–water partition coefficient (Wildman–Crippen LogP) is 0.0619. The Morgan fingerprint density at radius 1 is 1.23 bits per heavy atom. The van der Waals surface area contributed by atoms with Crippen molar-refractivity contribution in [2.75, 3.05) is 33.3 Å². The smallest absolute Gasteiger partial charge is 0.321 e. The van der Waals surface area contributed by atoms with Crippen molar-refractivity contribution in [3.05, 3.63) is 30.3 Å². The number of benzene rings is 1. The number of amides is 3. The quantitative estimate of drug-likeness (QED) is 0.636. The number of likely N-dealkylation sites (N-methyl/N-ethyl adjacent to an activating group) is 1. The second-order valence-corrected chi connectivity index (χ2v) is 5.70. The van der Waals surface area contributed by atoms with Crippen LogP contribution in [0.5, 0.6) is 5.75 Å². The molecule has 0 heterocycles. The summed E-state index contributed by atoms with van der Waals surface area (Å²) in [5.41, 5.74) is 0. The highest BCUT2D eigenvalue weighted by molar-refractivity contribution is 5.94. The number of nitrogens with one attached hydrogen (secondary N) is 3. The van der Waals surface area contributed by atoms with Gasteiger partial charge >= 0.3 is 6.03 Å². The summed E-state index contributed by atoms with van der Waals surface area (Å²) in [6, 6.07) is 9.10. The molecule has 0 saturated carbocycles. The summed E-state index contributed by atoms with van der Waals surface area (Å²) in [4.78, 5) is 24.1. The lowest BCUT2D eigenvalue weighted by molar-refractivity contribution is -0.871. The Morgan fingerprint density at radius 2 is 1.91 bits per heavy atom. The largest absolute Gasteiger partial charge is 0.488 e. The summed E-state index contributed by atoms with van der Waals surface area (Å²) < 4.78 is 5.57. The fourth-order valence-electron chi connectivity index (χ4n) is 1.73. The molecule has 1 atom stereocenters. The number of ether oxygens (including phenoxy) is 1. The fourth-order valence-corrected chi connectivity index (χ4v) is 1.73. The van der Waals surface area contributed by atoms with Gasteiger partial charge in [0.2, 0.25) is 0 Å². The molecule has 1 unspecified atom stereocenters. The molecule has 3 amide bonds. The number of hydrogen-bond acceptors (Lipinski definition) is 3. The van der Waals surface area contributed by atoms with Gasteiger partial charge in [-0.1, -0.05) is 32.0 Å². The summed E-state index contributed by atoms with van der Waals surface area (Å²) in [5, 5.41) is 4.97. The molecule has 22 heavy (non-hydrogen) atoms. The van der Waals surface area contributed by atoms with Crippen LogP contribution < -0.4 is 20.3 Å². The van der Waals surface area contributed by atoms with E-state index >= 15 is 0 Å². The first-order valence-electron chi connectivity index (χ1n) is 7.54. The lowest BCUT2D eigenvalue weighted by Gasteiger charge is -2.14. The Morgan fingerprint density at radius 3 is 2.55 bits per heavy atom. The van der Waals surface area contributed by atoms with E-state index in [-0.39, 0.29) is 12.5 Å². The van der Waals surface area contributed by atoms with Crippen LogP contribution in [0.2, 0.25) is 0 Å². The Bertz CT molecular complexity index is 463. The highest BCUT2D eigenvalue weighted by Crippen LogP contribution is 2.06. The summed E-state index contributed by atoms with van der Waals surface area (Å²) >= 11 is 0. The summed E-state index contributed by atoms with van der Waals surface area (Å²) in [5.74, 6) is 0.871. The van der Waals surface area contributed by atoms with E-state index in [2.05, 4.69) is 10.6 Å². The molecule has 6 heteroatoms.